The van der Waals surface area contributed by atoms with E-state index >= 15 is 0 Å². The van der Waals surface area contributed by atoms with E-state index in [-0.39, 0.29) is 5.04 Å². The molecule has 0 saturated carbocycles. The standard InChI is InChI=1S/C24H35NO5Si/c1-23(2,3)29-22(28)25-19(21(26)27)20(30-31(7,8)24(4,5)6)18-15-11-13-16-12-9-10-14-17(16)18/h9-15,19-20H,1-8H3,(H,25,28)(H,26,27)/t19-,20+/m1/s1. The van der Waals surface area contributed by atoms with Gasteiger partial charge in [0.15, 0.2) is 14.4 Å². The first-order valence-electron chi connectivity index (χ1n) is 10.5. The fraction of sp³-hybridized carbons (Fsp3) is 0.500. The predicted octanol–water partition coefficient (Wildman–Crippen LogP) is 5.88. The van der Waals surface area contributed by atoms with E-state index in [1.54, 1.807) is 20.8 Å². The maximum absolute atomic E-state index is 12.5. The SMILES string of the molecule is CC(C)(C)OC(=O)N[C@@H](C(=O)O)[C@@H](O[Si](C)(C)C(C)(C)C)c1cccc2ccccc12. The molecule has 1 amide bonds. The van der Waals surface area contributed by atoms with Crippen molar-refractivity contribution in [1.29, 1.82) is 0 Å². The molecular weight excluding hydrogens is 410 g/mol. The summed E-state index contributed by atoms with van der Waals surface area (Å²) < 4.78 is 12.0. The van der Waals surface area contributed by atoms with Crippen molar-refractivity contribution in [2.45, 2.75) is 77.4 Å². The lowest BCUT2D eigenvalue weighted by atomic mass is 9.96. The number of carboxylic acid groups (broad SMARTS) is 1. The van der Waals surface area contributed by atoms with Crippen molar-refractivity contribution in [1.82, 2.24) is 5.32 Å². The van der Waals surface area contributed by atoms with Gasteiger partial charge in [-0.3, -0.25) is 0 Å². The molecule has 0 saturated heterocycles. The van der Waals surface area contributed by atoms with E-state index in [9.17, 15) is 14.7 Å². The van der Waals surface area contributed by atoms with E-state index in [0.29, 0.717) is 0 Å². The second kappa shape index (κ2) is 9.00. The molecule has 0 heterocycles. The van der Waals surface area contributed by atoms with Crippen molar-refractivity contribution in [2.75, 3.05) is 0 Å². The molecule has 2 rings (SSSR count). The molecule has 0 aliphatic heterocycles. The first-order valence-corrected chi connectivity index (χ1v) is 13.4. The van der Waals surface area contributed by atoms with Gasteiger partial charge in [-0.1, -0.05) is 63.2 Å². The number of alkyl carbamates (subject to hydrolysis) is 1. The van der Waals surface area contributed by atoms with Gasteiger partial charge < -0.3 is 19.6 Å². The number of carbonyl (C=O) groups is 2. The van der Waals surface area contributed by atoms with Gasteiger partial charge in [-0.2, -0.15) is 0 Å². The van der Waals surface area contributed by atoms with Crippen molar-refractivity contribution >= 4 is 31.2 Å². The number of aliphatic carboxylic acids is 1. The maximum atomic E-state index is 12.5. The Morgan fingerprint density at radius 1 is 0.968 bits per heavy atom. The van der Waals surface area contributed by atoms with Gasteiger partial charge in [-0.15, -0.1) is 0 Å². The number of amides is 1. The highest BCUT2D eigenvalue weighted by molar-refractivity contribution is 6.74. The Morgan fingerprint density at radius 3 is 2.10 bits per heavy atom. The molecule has 2 aromatic rings. The van der Waals surface area contributed by atoms with Crippen LogP contribution in [0.1, 0.15) is 53.2 Å². The molecule has 0 aromatic heterocycles. The zero-order chi connectivity index (χ0) is 23.6. The molecule has 7 heteroatoms. The van der Waals surface area contributed by atoms with E-state index in [1.807, 2.05) is 42.5 Å². The molecule has 170 valence electrons. The summed E-state index contributed by atoms with van der Waals surface area (Å²) in [7, 11) is -2.40. The molecule has 0 fully saturated rings. The van der Waals surface area contributed by atoms with Crippen LogP contribution in [0.15, 0.2) is 42.5 Å². The topological polar surface area (TPSA) is 84.9 Å². The van der Waals surface area contributed by atoms with Crippen LogP contribution >= 0.6 is 0 Å². The molecule has 0 unspecified atom stereocenters. The van der Waals surface area contributed by atoms with E-state index in [0.717, 1.165) is 16.3 Å². The number of carbonyl (C=O) groups excluding carboxylic acids is 1. The minimum absolute atomic E-state index is 0.148. The summed E-state index contributed by atoms with van der Waals surface area (Å²) in [5.41, 5.74) is -0.0195. The van der Waals surface area contributed by atoms with E-state index < -0.39 is 38.1 Å². The quantitative estimate of drug-likeness (QED) is 0.542. The van der Waals surface area contributed by atoms with Crippen LogP contribution in [0, 0.1) is 0 Å². The Balaban J connectivity index is 2.59. The molecule has 0 aliphatic carbocycles. The third-order valence-electron chi connectivity index (χ3n) is 5.60. The minimum Gasteiger partial charge on any atom is -0.480 e. The van der Waals surface area contributed by atoms with Gasteiger partial charge in [-0.05, 0) is 55.2 Å². The highest BCUT2D eigenvalue weighted by Crippen LogP contribution is 2.41. The monoisotopic (exact) mass is 445 g/mol. The minimum atomic E-state index is -2.40. The zero-order valence-electron chi connectivity index (χ0n) is 19.8. The number of hydrogen-bond acceptors (Lipinski definition) is 4. The van der Waals surface area contributed by atoms with E-state index in [1.165, 1.54) is 0 Å². The number of nitrogens with one attached hydrogen (secondary N) is 1. The maximum Gasteiger partial charge on any atom is 0.408 e. The van der Waals surface area contributed by atoms with Crippen LogP contribution in [0.5, 0.6) is 0 Å². The molecule has 0 spiro atoms. The Hall–Kier alpha value is -2.38. The molecular formula is C24H35NO5Si. The van der Waals surface area contributed by atoms with Gasteiger partial charge in [-0.25, -0.2) is 9.59 Å². The Kier molecular flexibility index (Phi) is 7.23. The van der Waals surface area contributed by atoms with Crippen LogP contribution in [0.2, 0.25) is 18.1 Å². The predicted molar refractivity (Wildman–Crippen MR) is 126 cm³/mol. The zero-order valence-corrected chi connectivity index (χ0v) is 20.8. The van der Waals surface area contributed by atoms with Crippen LogP contribution < -0.4 is 5.32 Å². The highest BCUT2D eigenvalue weighted by atomic mass is 28.4. The summed E-state index contributed by atoms with van der Waals surface area (Å²) in [5, 5.41) is 14.4. The van der Waals surface area contributed by atoms with Gasteiger partial charge in [0.1, 0.15) is 11.7 Å². The molecule has 2 N–H and O–H groups in total. The van der Waals surface area contributed by atoms with Gasteiger partial charge in [0.2, 0.25) is 0 Å². The number of fused-ring (bicyclic) bond motifs is 1. The summed E-state index contributed by atoms with van der Waals surface area (Å²) in [6.07, 6.45) is -1.67. The molecule has 0 aliphatic rings. The van der Waals surface area contributed by atoms with Crippen LogP contribution in [-0.2, 0) is 14.0 Å². The van der Waals surface area contributed by atoms with Gasteiger partial charge in [0.05, 0.1) is 0 Å². The number of carboxylic acids is 1. The van der Waals surface area contributed by atoms with Gasteiger partial charge in [0, 0.05) is 0 Å². The largest absolute Gasteiger partial charge is 0.480 e. The van der Waals surface area contributed by atoms with Gasteiger partial charge in [0.25, 0.3) is 0 Å². The molecule has 6 nitrogen and oxygen atoms in total. The third kappa shape index (κ3) is 6.30. The van der Waals surface area contributed by atoms with Crippen molar-refractivity contribution in [3.05, 3.63) is 48.0 Å². The number of benzene rings is 2. The number of ether oxygens (including phenoxy) is 1. The highest BCUT2D eigenvalue weighted by Gasteiger charge is 2.44. The summed E-state index contributed by atoms with van der Waals surface area (Å²) in [6, 6.07) is 12.2. The first kappa shape index (κ1) is 24.9. The number of rotatable bonds is 6. The lowest BCUT2D eigenvalue weighted by Crippen LogP contribution is -2.51. The molecule has 2 aromatic carbocycles. The van der Waals surface area contributed by atoms with Crippen LogP contribution in [0.4, 0.5) is 4.79 Å². The fourth-order valence-electron chi connectivity index (χ4n) is 3.01. The van der Waals surface area contributed by atoms with Crippen LogP contribution in [0.3, 0.4) is 0 Å². The Morgan fingerprint density at radius 2 is 1.55 bits per heavy atom. The molecule has 0 bridgehead atoms. The second-order valence-corrected chi connectivity index (χ2v) is 15.1. The lowest BCUT2D eigenvalue weighted by molar-refractivity contribution is -0.142. The third-order valence-corrected chi connectivity index (χ3v) is 10.1. The number of hydrogen-bond donors (Lipinski definition) is 2. The van der Waals surface area contributed by atoms with Gasteiger partial charge >= 0.3 is 12.1 Å². The second-order valence-electron chi connectivity index (χ2n) is 10.3. The summed E-state index contributed by atoms with van der Waals surface area (Å²) in [4.78, 5) is 24.8. The van der Waals surface area contributed by atoms with Crippen LogP contribution in [-0.4, -0.2) is 37.1 Å². The average molecular weight is 446 g/mol. The fourth-order valence-corrected chi connectivity index (χ4v) is 4.26. The van der Waals surface area contributed by atoms with E-state index in [2.05, 4.69) is 39.2 Å². The van der Waals surface area contributed by atoms with Crippen molar-refractivity contribution < 1.29 is 23.9 Å². The lowest BCUT2D eigenvalue weighted by Gasteiger charge is -2.41. The average Bonchev–Trinajstić information content (AvgIpc) is 2.61. The van der Waals surface area contributed by atoms with Crippen molar-refractivity contribution in [3.8, 4) is 0 Å². The smallest absolute Gasteiger partial charge is 0.408 e. The molecule has 2 atom stereocenters. The summed E-state index contributed by atoms with van der Waals surface area (Å²) in [5.74, 6) is -1.18. The normalized spacial score (nSPS) is 14.7. The van der Waals surface area contributed by atoms with E-state index in [4.69, 9.17) is 9.16 Å². The van der Waals surface area contributed by atoms with Crippen LogP contribution in [0.25, 0.3) is 10.8 Å². The Bertz CT molecular complexity index is 938. The Labute approximate surface area is 186 Å². The molecule has 0 radical (unpaired) electrons. The van der Waals surface area contributed by atoms with Crippen molar-refractivity contribution in [3.63, 3.8) is 0 Å². The molecule has 31 heavy (non-hydrogen) atoms. The summed E-state index contributed by atoms with van der Waals surface area (Å²) in [6.45, 7) is 15.6. The summed E-state index contributed by atoms with van der Waals surface area (Å²) >= 11 is 0. The first-order chi connectivity index (χ1) is 14.1. The van der Waals surface area contributed by atoms with Crippen molar-refractivity contribution in [2.24, 2.45) is 0 Å².